The van der Waals surface area contributed by atoms with Crippen LogP contribution < -0.4 is 15.0 Å². The van der Waals surface area contributed by atoms with E-state index in [1.165, 1.54) is 0 Å². The standard InChI is InChI=1S/C34H26N2O4/c1-40-24-14-9-13-23(20-24)32(38)30-29(31(37)22-11-3-2-4-12-22)34(25-15-6-7-16-26(25)35-33(34)39)28-19-18-21-10-5-8-17-27(21)36(28)30/h2-20,28-30H,1H3,(H,35,39). The maximum absolute atomic E-state index is 14.7. The number of ether oxygens (including phenoxy) is 1. The Balaban J connectivity index is 1.53. The molecule has 6 nitrogen and oxygen atoms in total. The van der Waals surface area contributed by atoms with E-state index in [0.29, 0.717) is 22.6 Å². The van der Waals surface area contributed by atoms with E-state index in [9.17, 15) is 14.4 Å². The number of methoxy groups -OCH3 is 1. The molecule has 1 amide bonds. The highest BCUT2D eigenvalue weighted by atomic mass is 16.5. The Hall–Kier alpha value is -4.97. The van der Waals surface area contributed by atoms with Crippen molar-refractivity contribution in [1.29, 1.82) is 0 Å². The third kappa shape index (κ3) is 3.26. The molecule has 4 aromatic rings. The maximum atomic E-state index is 14.7. The van der Waals surface area contributed by atoms with Crippen LogP contribution in [0.3, 0.4) is 0 Å². The topological polar surface area (TPSA) is 75.7 Å². The zero-order chi connectivity index (χ0) is 27.4. The van der Waals surface area contributed by atoms with Crippen LogP contribution in [0.4, 0.5) is 11.4 Å². The zero-order valence-electron chi connectivity index (χ0n) is 21.8. The summed E-state index contributed by atoms with van der Waals surface area (Å²) in [5.74, 6) is -1.21. The second-order valence-corrected chi connectivity index (χ2v) is 10.4. The van der Waals surface area contributed by atoms with E-state index < -0.39 is 23.4 Å². The van der Waals surface area contributed by atoms with Crippen LogP contribution in [-0.4, -0.2) is 36.7 Å². The number of amides is 1. The Bertz CT molecular complexity index is 1710. The third-order valence-electron chi connectivity index (χ3n) is 8.51. The van der Waals surface area contributed by atoms with E-state index in [4.69, 9.17) is 4.74 Å². The molecule has 0 aliphatic carbocycles. The fourth-order valence-corrected chi connectivity index (χ4v) is 6.85. The first kappa shape index (κ1) is 24.1. The molecule has 4 unspecified atom stereocenters. The average molecular weight is 527 g/mol. The third-order valence-corrected chi connectivity index (χ3v) is 8.51. The van der Waals surface area contributed by atoms with Gasteiger partial charge in [0.2, 0.25) is 5.91 Å². The molecule has 3 heterocycles. The first-order valence-corrected chi connectivity index (χ1v) is 13.3. The summed E-state index contributed by atoms with van der Waals surface area (Å²) >= 11 is 0. The number of nitrogens with zero attached hydrogens (tertiary/aromatic N) is 1. The summed E-state index contributed by atoms with van der Waals surface area (Å²) < 4.78 is 5.42. The highest BCUT2D eigenvalue weighted by Gasteiger charge is 2.70. The fourth-order valence-electron chi connectivity index (χ4n) is 6.85. The Kier molecular flexibility index (Phi) is 5.46. The molecule has 7 rings (SSSR count). The quantitative estimate of drug-likeness (QED) is 0.345. The summed E-state index contributed by atoms with van der Waals surface area (Å²) in [7, 11) is 1.55. The number of benzene rings is 4. The van der Waals surface area contributed by atoms with Crippen molar-refractivity contribution in [1.82, 2.24) is 0 Å². The molecule has 0 aromatic heterocycles. The summed E-state index contributed by atoms with van der Waals surface area (Å²) in [6.07, 6.45) is 3.98. The van der Waals surface area contributed by atoms with Gasteiger partial charge in [-0.3, -0.25) is 14.4 Å². The van der Waals surface area contributed by atoms with Crippen molar-refractivity contribution in [2.75, 3.05) is 17.3 Å². The van der Waals surface area contributed by atoms with E-state index in [1.807, 2.05) is 71.6 Å². The lowest BCUT2D eigenvalue weighted by Crippen LogP contribution is -2.51. The van der Waals surface area contributed by atoms with Crippen molar-refractivity contribution in [3.05, 3.63) is 131 Å². The second kappa shape index (κ2) is 9.06. The number of rotatable bonds is 5. The molecule has 1 fully saturated rings. The van der Waals surface area contributed by atoms with Gasteiger partial charge in [-0.05, 0) is 35.4 Å². The molecule has 1 spiro atoms. The molecular weight excluding hydrogens is 500 g/mol. The number of para-hydroxylation sites is 2. The number of carbonyl (C=O) groups excluding carboxylic acids is 3. The van der Waals surface area contributed by atoms with Crippen molar-refractivity contribution in [3.8, 4) is 5.75 Å². The minimum atomic E-state index is -1.33. The van der Waals surface area contributed by atoms with E-state index in [1.54, 1.807) is 55.6 Å². The molecule has 4 aromatic carbocycles. The second-order valence-electron chi connectivity index (χ2n) is 10.4. The molecule has 0 bridgehead atoms. The fraction of sp³-hybridized carbons (Fsp3) is 0.147. The Morgan fingerprint density at radius 3 is 2.38 bits per heavy atom. The molecule has 6 heteroatoms. The molecule has 40 heavy (non-hydrogen) atoms. The van der Waals surface area contributed by atoms with Gasteiger partial charge in [-0.2, -0.15) is 0 Å². The summed E-state index contributed by atoms with van der Waals surface area (Å²) in [5, 5.41) is 3.06. The van der Waals surface area contributed by atoms with Crippen molar-refractivity contribution in [2.24, 2.45) is 5.92 Å². The maximum Gasteiger partial charge on any atom is 0.238 e. The van der Waals surface area contributed by atoms with Crippen LogP contribution >= 0.6 is 0 Å². The van der Waals surface area contributed by atoms with E-state index in [0.717, 1.165) is 16.8 Å². The van der Waals surface area contributed by atoms with Gasteiger partial charge >= 0.3 is 0 Å². The molecule has 4 atom stereocenters. The van der Waals surface area contributed by atoms with Crippen LogP contribution in [0.1, 0.15) is 31.8 Å². The van der Waals surface area contributed by atoms with Gasteiger partial charge in [0.1, 0.15) is 17.2 Å². The van der Waals surface area contributed by atoms with Gasteiger partial charge in [0.05, 0.1) is 19.1 Å². The monoisotopic (exact) mass is 526 g/mol. The number of hydrogen-bond acceptors (Lipinski definition) is 5. The number of fused-ring (bicyclic) bond motifs is 6. The summed E-state index contributed by atoms with van der Waals surface area (Å²) in [5.41, 5.74) is 2.70. The number of hydrogen-bond donors (Lipinski definition) is 1. The van der Waals surface area contributed by atoms with Crippen LogP contribution in [0.5, 0.6) is 5.75 Å². The van der Waals surface area contributed by atoms with E-state index in [-0.39, 0.29) is 17.5 Å². The van der Waals surface area contributed by atoms with Crippen molar-refractivity contribution >= 4 is 34.9 Å². The predicted molar refractivity (Wildman–Crippen MR) is 154 cm³/mol. The molecule has 3 aliphatic rings. The molecule has 1 N–H and O–H groups in total. The van der Waals surface area contributed by atoms with Gasteiger partial charge in [0, 0.05) is 22.5 Å². The number of carbonyl (C=O) groups is 3. The van der Waals surface area contributed by atoms with Gasteiger partial charge in [-0.25, -0.2) is 0 Å². The SMILES string of the molecule is COc1cccc(C(=O)C2C(C(=O)c3ccccc3)C3(C(=O)Nc4ccccc43)C3C=Cc4ccccc4N23)c1. The van der Waals surface area contributed by atoms with Crippen molar-refractivity contribution in [2.45, 2.75) is 17.5 Å². The van der Waals surface area contributed by atoms with Gasteiger partial charge < -0.3 is 15.0 Å². The van der Waals surface area contributed by atoms with Crippen LogP contribution in [-0.2, 0) is 10.2 Å². The normalized spacial score (nSPS) is 23.8. The lowest BCUT2D eigenvalue weighted by atomic mass is 9.64. The highest BCUT2D eigenvalue weighted by Crippen LogP contribution is 2.58. The van der Waals surface area contributed by atoms with Gasteiger partial charge in [-0.1, -0.05) is 91.0 Å². The molecule has 0 saturated carbocycles. The minimum Gasteiger partial charge on any atom is -0.497 e. The van der Waals surface area contributed by atoms with E-state index >= 15 is 0 Å². The summed E-state index contributed by atoms with van der Waals surface area (Å²) in [4.78, 5) is 45.7. The lowest BCUT2D eigenvalue weighted by Gasteiger charge is -2.37. The Morgan fingerprint density at radius 1 is 0.825 bits per heavy atom. The molecule has 0 radical (unpaired) electrons. The van der Waals surface area contributed by atoms with Gasteiger partial charge in [0.15, 0.2) is 11.6 Å². The van der Waals surface area contributed by atoms with Crippen LogP contribution in [0.25, 0.3) is 6.08 Å². The first-order valence-electron chi connectivity index (χ1n) is 13.3. The molecule has 3 aliphatic heterocycles. The van der Waals surface area contributed by atoms with Crippen LogP contribution in [0, 0.1) is 5.92 Å². The average Bonchev–Trinajstić information content (AvgIpc) is 3.49. The van der Waals surface area contributed by atoms with Crippen LogP contribution in [0.2, 0.25) is 0 Å². The molecule has 1 saturated heterocycles. The van der Waals surface area contributed by atoms with Gasteiger partial charge in [-0.15, -0.1) is 0 Å². The Labute approximate surface area is 231 Å². The van der Waals surface area contributed by atoms with Crippen LogP contribution in [0.15, 0.2) is 109 Å². The number of nitrogens with one attached hydrogen (secondary N) is 1. The number of ketones is 2. The first-order chi connectivity index (χ1) is 19.6. The minimum absolute atomic E-state index is 0.239. The summed E-state index contributed by atoms with van der Waals surface area (Å²) in [6.45, 7) is 0. The largest absolute Gasteiger partial charge is 0.497 e. The van der Waals surface area contributed by atoms with Crippen molar-refractivity contribution in [3.63, 3.8) is 0 Å². The lowest BCUT2D eigenvalue weighted by molar-refractivity contribution is -0.121. The number of Topliss-reactive ketones (excluding diaryl/α,β-unsaturated/α-hetero) is 2. The zero-order valence-corrected chi connectivity index (χ0v) is 21.8. The Morgan fingerprint density at radius 2 is 1.55 bits per heavy atom. The van der Waals surface area contributed by atoms with Crippen molar-refractivity contribution < 1.29 is 19.1 Å². The summed E-state index contributed by atoms with van der Waals surface area (Å²) in [6, 6.07) is 29.7. The molecular formula is C34H26N2O4. The molecule has 196 valence electrons. The smallest absolute Gasteiger partial charge is 0.238 e. The van der Waals surface area contributed by atoms with Gasteiger partial charge in [0.25, 0.3) is 0 Å². The van der Waals surface area contributed by atoms with E-state index in [2.05, 4.69) is 5.32 Å². The predicted octanol–water partition coefficient (Wildman–Crippen LogP) is 5.55. The number of anilines is 2. The highest BCUT2D eigenvalue weighted by molar-refractivity contribution is 6.18.